The van der Waals surface area contributed by atoms with E-state index >= 15 is 0 Å². The van der Waals surface area contributed by atoms with Gasteiger partial charge in [-0.3, -0.25) is 24.1 Å². The van der Waals surface area contributed by atoms with Crippen LogP contribution >= 0.6 is 0 Å². The van der Waals surface area contributed by atoms with Crippen molar-refractivity contribution in [2.24, 2.45) is 0 Å². The van der Waals surface area contributed by atoms with E-state index in [0.29, 0.717) is 32.2 Å². The summed E-state index contributed by atoms with van der Waals surface area (Å²) < 4.78 is 5.17. The number of esters is 1. The Morgan fingerprint density at radius 1 is 0.893 bits per heavy atom. The van der Waals surface area contributed by atoms with Gasteiger partial charge in [0.15, 0.2) is 0 Å². The lowest BCUT2D eigenvalue weighted by Crippen LogP contribution is -2.42. The van der Waals surface area contributed by atoms with Gasteiger partial charge < -0.3 is 20.3 Å². The summed E-state index contributed by atoms with van der Waals surface area (Å²) in [6.45, 7) is -0.731. The van der Waals surface area contributed by atoms with Crippen LogP contribution in [0.25, 0.3) is 0 Å². The van der Waals surface area contributed by atoms with Crippen LogP contribution in [0.1, 0.15) is 31.2 Å². The molecule has 0 aliphatic rings. The van der Waals surface area contributed by atoms with Gasteiger partial charge in [0.05, 0.1) is 19.6 Å². The molecule has 9 nitrogen and oxygen atoms in total. The maximum absolute atomic E-state index is 11.8. The highest BCUT2D eigenvalue weighted by molar-refractivity contribution is 5.80. The summed E-state index contributed by atoms with van der Waals surface area (Å²) in [7, 11) is 0. The lowest BCUT2D eigenvalue weighted by molar-refractivity contribution is -0.145. The van der Waals surface area contributed by atoms with Crippen LogP contribution in [0.2, 0.25) is 0 Å². The maximum atomic E-state index is 11.8. The minimum atomic E-state index is -1.20. The number of nitrogens with one attached hydrogen (secondary N) is 1. The van der Waals surface area contributed by atoms with Crippen molar-refractivity contribution < 1.29 is 34.1 Å². The molecule has 9 heteroatoms. The number of ether oxygens (including phenoxy) is 1. The Kier molecular flexibility index (Phi) is 10.9. The average Bonchev–Trinajstić information content (AvgIpc) is 2.62. The lowest BCUT2D eigenvalue weighted by Gasteiger charge is -2.17. The first kappa shape index (κ1) is 23.1. The number of carboxylic acid groups (broad SMARTS) is 2. The van der Waals surface area contributed by atoms with Gasteiger partial charge in [-0.25, -0.2) is 0 Å². The fourth-order valence-corrected chi connectivity index (χ4v) is 2.42. The smallest absolute Gasteiger partial charge is 0.317 e. The third kappa shape index (κ3) is 11.6. The monoisotopic (exact) mass is 394 g/mol. The number of hydrogen-bond acceptors (Lipinski definition) is 6. The second-order valence-electron chi connectivity index (χ2n) is 6.24. The Labute approximate surface area is 163 Å². The summed E-state index contributed by atoms with van der Waals surface area (Å²) in [5.41, 5.74) is 0.929. The van der Waals surface area contributed by atoms with Crippen molar-refractivity contribution in [1.82, 2.24) is 10.2 Å². The molecule has 0 heterocycles. The largest absolute Gasteiger partial charge is 0.480 e. The van der Waals surface area contributed by atoms with E-state index in [-0.39, 0.29) is 19.1 Å². The number of benzene rings is 1. The van der Waals surface area contributed by atoms with Crippen LogP contribution in [0.4, 0.5) is 0 Å². The summed E-state index contributed by atoms with van der Waals surface area (Å²) in [5.74, 6) is -3.11. The van der Waals surface area contributed by atoms with Crippen LogP contribution in [0.3, 0.4) is 0 Å². The first-order chi connectivity index (χ1) is 13.4. The number of carbonyl (C=O) groups excluding carboxylic acids is 2. The van der Waals surface area contributed by atoms with Crippen molar-refractivity contribution in [3.8, 4) is 0 Å². The van der Waals surface area contributed by atoms with Crippen molar-refractivity contribution in [2.75, 3.05) is 26.2 Å². The van der Waals surface area contributed by atoms with Crippen LogP contribution in [0.5, 0.6) is 0 Å². The molecule has 1 rings (SSSR count). The Bertz CT molecular complexity index is 633. The highest BCUT2D eigenvalue weighted by Crippen LogP contribution is 2.05. The second kappa shape index (κ2) is 13.3. The minimum absolute atomic E-state index is 0.249. The number of nitrogens with zero attached hydrogens (tertiary/aromatic N) is 1. The molecule has 1 aromatic rings. The van der Waals surface area contributed by atoms with Gasteiger partial charge in [-0.2, -0.15) is 0 Å². The molecule has 0 bridgehead atoms. The quantitative estimate of drug-likeness (QED) is 0.313. The van der Waals surface area contributed by atoms with Crippen LogP contribution in [-0.2, 0) is 30.5 Å². The molecule has 0 aliphatic carbocycles. The second-order valence-corrected chi connectivity index (χ2v) is 6.24. The highest BCUT2D eigenvalue weighted by atomic mass is 16.5. The standard InChI is InChI=1S/C19H26N2O7/c22-16(11-21(12-17(23)24)13-18(25)26)20-10-6-2-5-9-19(27)28-14-15-7-3-1-4-8-15/h1,3-4,7-8H,2,5-6,9-14H2,(H,20,22)(H,23,24)(H,25,26). The van der Waals surface area contributed by atoms with E-state index in [1.807, 2.05) is 30.3 Å². The van der Waals surface area contributed by atoms with E-state index < -0.39 is 30.9 Å². The van der Waals surface area contributed by atoms with E-state index in [9.17, 15) is 19.2 Å². The van der Waals surface area contributed by atoms with Gasteiger partial charge in [-0.15, -0.1) is 0 Å². The van der Waals surface area contributed by atoms with Crippen molar-refractivity contribution in [1.29, 1.82) is 0 Å². The summed E-state index contributed by atoms with van der Waals surface area (Å²) in [6.07, 6.45) is 2.30. The average molecular weight is 394 g/mol. The number of hydrogen-bond donors (Lipinski definition) is 3. The minimum Gasteiger partial charge on any atom is -0.480 e. The number of carboxylic acids is 2. The van der Waals surface area contributed by atoms with Crippen LogP contribution in [-0.4, -0.2) is 65.1 Å². The predicted octanol–water partition coefficient (Wildman–Crippen LogP) is 0.878. The molecule has 0 fully saturated rings. The summed E-state index contributed by atoms with van der Waals surface area (Å²) in [4.78, 5) is 45.8. The number of amides is 1. The van der Waals surface area contributed by atoms with Crippen LogP contribution < -0.4 is 5.32 Å². The van der Waals surface area contributed by atoms with Gasteiger partial charge in [-0.05, 0) is 18.4 Å². The van der Waals surface area contributed by atoms with Gasteiger partial charge in [0, 0.05) is 13.0 Å². The van der Waals surface area contributed by atoms with E-state index in [0.717, 1.165) is 10.5 Å². The predicted molar refractivity (Wildman–Crippen MR) is 99.4 cm³/mol. The molecule has 0 radical (unpaired) electrons. The molecule has 0 aliphatic heterocycles. The first-order valence-electron chi connectivity index (χ1n) is 8.99. The molecular formula is C19H26N2O7. The zero-order valence-electron chi connectivity index (χ0n) is 15.6. The lowest BCUT2D eigenvalue weighted by atomic mass is 10.2. The number of aliphatic carboxylic acids is 2. The molecule has 0 saturated carbocycles. The Balaban J connectivity index is 2.10. The third-order valence-corrected chi connectivity index (χ3v) is 3.71. The van der Waals surface area contributed by atoms with E-state index in [1.54, 1.807) is 0 Å². The molecule has 0 unspecified atom stereocenters. The van der Waals surface area contributed by atoms with Crippen LogP contribution in [0.15, 0.2) is 30.3 Å². The fraction of sp³-hybridized carbons (Fsp3) is 0.474. The third-order valence-electron chi connectivity index (χ3n) is 3.71. The molecule has 154 valence electrons. The van der Waals surface area contributed by atoms with E-state index in [1.165, 1.54) is 0 Å². The van der Waals surface area contributed by atoms with Gasteiger partial charge in [0.2, 0.25) is 5.91 Å². The summed E-state index contributed by atoms with van der Waals surface area (Å²) >= 11 is 0. The summed E-state index contributed by atoms with van der Waals surface area (Å²) in [5, 5.41) is 20.1. The number of unbranched alkanes of at least 4 members (excludes halogenated alkanes) is 2. The first-order valence-corrected chi connectivity index (χ1v) is 8.99. The van der Waals surface area contributed by atoms with Gasteiger partial charge >= 0.3 is 17.9 Å². The number of carbonyl (C=O) groups is 4. The zero-order valence-corrected chi connectivity index (χ0v) is 15.6. The van der Waals surface area contributed by atoms with Crippen molar-refractivity contribution in [3.05, 3.63) is 35.9 Å². The fourth-order valence-electron chi connectivity index (χ4n) is 2.42. The summed E-state index contributed by atoms with van der Waals surface area (Å²) in [6, 6.07) is 9.40. The van der Waals surface area contributed by atoms with E-state index in [2.05, 4.69) is 5.32 Å². The highest BCUT2D eigenvalue weighted by Gasteiger charge is 2.16. The Hall–Kier alpha value is -2.94. The molecule has 1 amide bonds. The molecule has 0 saturated heterocycles. The molecule has 0 atom stereocenters. The van der Waals surface area contributed by atoms with Crippen LogP contribution in [0, 0.1) is 0 Å². The molecule has 0 spiro atoms. The Morgan fingerprint density at radius 3 is 2.14 bits per heavy atom. The molecule has 0 aromatic heterocycles. The van der Waals surface area contributed by atoms with Crippen molar-refractivity contribution in [2.45, 2.75) is 32.3 Å². The van der Waals surface area contributed by atoms with Gasteiger partial charge in [-0.1, -0.05) is 36.8 Å². The SMILES string of the molecule is O=C(O)CN(CC(=O)O)CC(=O)NCCCCCC(=O)OCc1ccccc1. The molecule has 28 heavy (non-hydrogen) atoms. The molecule has 1 aromatic carbocycles. The maximum Gasteiger partial charge on any atom is 0.317 e. The van der Waals surface area contributed by atoms with Crippen molar-refractivity contribution >= 4 is 23.8 Å². The normalized spacial score (nSPS) is 10.5. The molecular weight excluding hydrogens is 368 g/mol. The van der Waals surface area contributed by atoms with Gasteiger partial charge in [0.1, 0.15) is 6.61 Å². The Morgan fingerprint density at radius 2 is 1.54 bits per heavy atom. The topological polar surface area (TPSA) is 133 Å². The number of rotatable bonds is 14. The molecule has 3 N–H and O–H groups in total. The van der Waals surface area contributed by atoms with Crippen molar-refractivity contribution in [3.63, 3.8) is 0 Å². The van der Waals surface area contributed by atoms with Gasteiger partial charge in [0.25, 0.3) is 0 Å². The zero-order chi connectivity index (χ0) is 20.8. The van der Waals surface area contributed by atoms with E-state index in [4.69, 9.17) is 14.9 Å².